The van der Waals surface area contributed by atoms with E-state index in [2.05, 4.69) is 46.4 Å². The van der Waals surface area contributed by atoms with Gasteiger partial charge in [0.25, 0.3) is 5.91 Å². The zero-order valence-corrected chi connectivity index (χ0v) is 23.1. The van der Waals surface area contributed by atoms with Crippen molar-refractivity contribution in [2.75, 3.05) is 34.6 Å². The first-order valence-corrected chi connectivity index (χ1v) is 12.8. The van der Waals surface area contributed by atoms with E-state index in [1.54, 1.807) is 25.4 Å². The van der Waals surface area contributed by atoms with Crippen LogP contribution in [-0.4, -0.2) is 41.0 Å². The van der Waals surface area contributed by atoms with Crippen LogP contribution in [0.2, 0.25) is 0 Å². The lowest BCUT2D eigenvalue weighted by atomic mass is 9.86. The summed E-state index contributed by atoms with van der Waals surface area (Å²) in [5.74, 6) is 0.867. The number of carbonyl (C=O) groups excluding carboxylic acids is 2. The number of nitrogens with one attached hydrogen (secondary N) is 2. The number of nitrogens with zero attached hydrogens (tertiary/aromatic N) is 5. The molecule has 2 aromatic heterocycles. The maximum atomic E-state index is 13.5. The van der Waals surface area contributed by atoms with E-state index in [1.165, 1.54) is 23.1 Å². The number of pyridine rings is 1. The molecule has 4 aromatic rings. The summed E-state index contributed by atoms with van der Waals surface area (Å²) in [4.78, 5) is 43.0. The summed E-state index contributed by atoms with van der Waals surface area (Å²) in [6.07, 6.45) is 3.20. The maximum Gasteiger partial charge on any atom is 0.330 e. The molecule has 204 valence electrons. The highest BCUT2D eigenvalue weighted by molar-refractivity contribution is 6.07. The summed E-state index contributed by atoms with van der Waals surface area (Å²) in [5, 5.41) is 6.06. The van der Waals surface area contributed by atoms with Crippen LogP contribution in [0.15, 0.2) is 73.1 Å². The SMILES string of the molecule is COc1ncc(NC(=O)c2cccc(C(C)(C)C)c2)cc1N1Cc2cnc(Nc3ccccc3)nc2N(C)C1=O. The molecule has 0 aliphatic carbocycles. The largest absolute Gasteiger partial charge is 0.480 e. The third kappa shape index (κ3) is 5.42. The molecule has 10 nitrogen and oxygen atoms in total. The van der Waals surface area contributed by atoms with Crippen molar-refractivity contribution >= 4 is 40.8 Å². The van der Waals surface area contributed by atoms with E-state index in [1.807, 2.05) is 48.5 Å². The van der Waals surface area contributed by atoms with Gasteiger partial charge in [0.05, 0.1) is 25.5 Å². The first-order valence-electron chi connectivity index (χ1n) is 12.8. The molecule has 0 spiro atoms. The van der Waals surface area contributed by atoms with E-state index in [0.29, 0.717) is 28.7 Å². The molecule has 0 radical (unpaired) electrons. The molecule has 40 heavy (non-hydrogen) atoms. The number of hydrogen-bond acceptors (Lipinski definition) is 7. The number of fused-ring (bicyclic) bond motifs is 1. The lowest BCUT2D eigenvalue weighted by Crippen LogP contribution is -2.46. The Morgan fingerprint density at radius 1 is 0.975 bits per heavy atom. The number of para-hydroxylation sites is 1. The average molecular weight is 538 g/mol. The molecule has 3 heterocycles. The van der Waals surface area contributed by atoms with Gasteiger partial charge in [-0.15, -0.1) is 0 Å². The zero-order valence-electron chi connectivity index (χ0n) is 23.1. The van der Waals surface area contributed by atoms with Crippen LogP contribution in [0.4, 0.5) is 33.6 Å². The fourth-order valence-electron chi connectivity index (χ4n) is 4.40. The molecule has 5 rings (SSSR count). The summed E-state index contributed by atoms with van der Waals surface area (Å²) in [7, 11) is 3.14. The van der Waals surface area contributed by atoms with Gasteiger partial charge in [-0.25, -0.2) is 14.8 Å². The van der Waals surface area contributed by atoms with Crippen molar-refractivity contribution < 1.29 is 14.3 Å². The van der Waals surface area contributed by atoms with Gasteiger partial charge in [-0.3, -0.25) is 14.6 Å². The number of amides is 3. The van der Waals surface area contributed by atoms with E-state index in [9.17, 15) is 9.59 Å². The molecule has 0 unspecified atom stereocenters. The van der Waals surface area contributed by atoms with Crippen LogP contribution in [0.1, 0.15) is 42.3 Å². The molecule has 0 fully saturated rings. The van der Waals surface area contributed by atoms with Crippen LogP contribution < -0.4 is 25.2 Å². The van der Waals surface area contributed by atoms with Crippen LogP contribution in [0.25, 0.3) is 0 Å². The number of benzene rings is 2. The van der Waals surface area contributed by atoms with Gasteiger partial charge in [-0.2, -0.15) is 4.98 Å². The van der Waals surface area contributed by atoms with Crippen molar-refractivity contribution in [3.8, 4) is 5.88 Å². The third-order valence-corrected chi connectivity index (χ3v) is 6.60. The zero-order chi connectivity index (χ0) is 28.4. The number of carbonyl (C=O) groups is 2. The van der Waals surface area contributed by atoms with Gasteiger partial charge in [0.2, 0.25) is 11.8 Å². The summed E-state index contributed by atoms with van der Waals surface area (Å²) in [6, 6.07) is 18.5. The second kappa shape index (κ2) is 10.6. The van der Waals surface area contributed by atoms with Gasteiger partial charge in [-0.1, -0.05) is 51.1 Å². The Balaban J connectivity index is 1.41. The van der Waals surface area contributed by atoms with E-state index >= 15 is 0 Å². The fraction of sp³-hybridized carbons (Fsp3) is 0.233. The summed E-state index contributed by atoms with van der Waals surface area (Å²) < 4.78 is 5.48. The third-order valence-electron chi connectivity index (χ3n) is 6.60. The topological polar surface area (TPSA) is 113 Å². The number of hydrogen-bond donors (Lipinski definition) is 2. The molecule has 10 heteroatoms. The summed E-state index contributed by atoms with van der Waals surface area (Å²) in [6.45, 7) is 6.49. The van der Waals surface area contributed by atoms with Crippen LogP contribution in [0.3, 0.4) is 0 Å². The van der Waals surface area contributed by atoms with Gasteiger partial charge >= 0.3 is 6.03 Å². The molecule has 0 atom stereocenters. The molecule has 0 saturated heterocycles. The molecule has 1 aliphatic heterocycles. The Hall–Kier alpha value is -4.99. The van der Waals surface area contributed by atoms with Crippen LogP contribution in [0, 0.1) is 0 Å². The minimum absolute atomic E-state index is 0.0931. The fourth-order valence-corrected chi connectivity index (χ4v) is 4.40. The maximum absolute atomic E-state index is 13.5. The van der Waals surface area contributed by atoms with Crippen molar-refractivity contribution in [1.29, 1.82) is 0 Å². The molecule has 0 saturated carbocycles. The lowest BCUT2D eigenvalue weighted by Gasteiger charge is -2.34. The van der Waals surface area contributed by atoms with Crippen molar-refractivity contribution in [3.05, 3.63) is 89.7 Å². The van der Waals surface area contributed by atoms with Crippen molar-refractivity contribution in [2.24, 2.45) is 0 Å². The van der Waals surface area contributed by atoms with Crippen molar-refractivity contribution in [2.45, 2.75) is 32.7 Å². The van der Waals surface area contributed by atoms with Gasteiger partial charge in [0.15, 0.2) is 0 Å². The molecule has 3 amide bonds. The van der Waals surface area contributed by atoms with Gasteiger partial charge in [0, 0.05) is 30.1 Å². The number of methoxy groups -OCH3 is 1. The molecule has 2 aromatic carbocycles. The molecule has 0 bridgehead atoms. The Bertz CT molecular complexity index is 1570. The molecular weight excluding hydrogens is 506 g/mol. The quantitative estimate of drug-likeness (QED) is 0.322. The number of urea groups is 1. The molecular formula is C30H31N7O3. The van der Waals surface area contributed by atoms with E-state index in [-0.39, 0.29) is 29.8 Å². The summed E-state index contributed by atoms with van der Waals surface area (Å²) in [5.41, 5.74) is 3.93. The monoisotopic (exact) mass is 537 g/mol. The van der Waals surface area contributed by atoms with Gasteiger partial charge in [0.1, 0.15) is 11.5 Å². The second-order valence-corrected chi connectivity index (χ2v) is 10.5. The highest BCUT2D eigenvalue weighted by Gasteiger charge is 2.33. The van der Waals surface area contributed by atoms with Gasteiger partial charge < -0.3 is 15.4 Å². The Morgan fingerprint density at radius 2 is 1.75 bits per heavy atom. The Labute approximate surface area is 233 Å². The average Bonchev–Trinajstić information content (AvgIpc) is 2.95. The smallest absolute Gasteiger partial charge is 0.330 e. The van der Waals surface area contributed by atoms with Crippen LogP contribution in [-0.2, 0) is 12.0 Å². The molecule has 2 N–H and O–H groups in total. The number of aromatic nitrogens is 3. The predicted molar refractivity (Wildman–Crippen MR) is 156 cm³/mol. The minimum Gasteiger partial charge on any atom is -0.480 e. The summed E-state index contributed by atoms with van der Waals surface area (Å²) >= 11 is 0. The van der Waals surface area contributed by atoms with Crippen LogP contribution >= 0.6 is 0 Å². The van der Waals surface area contributed by atoms with Crippen molar-refractivity contribution in [3.63, 3.8) is 0 Å². The normalized spacial score (nSPS) is 13.1. The van der Waals surface area contributed by atoms with Gasteiger partial charge in [-0.05, 0) is 41.3 Å². The lowest BCUT2D eigenvalue weighted by molar-refractivity contribution is 0.102. The molecule has 1 aliphatic rings. The van der Waals surface area contributed by atoms with E-state index in [0.717, 1.165) is 16.8 Å². The Morgan fingerprint density at radius 3 is 2.48 bits per heavy atom. The first kappa shape index (κ1) is 26.6. The van der Waals surface area contributed by atoms with Crippen LogP contribution in [0.5, 0.6) is 5.88 Å². The van der Waals surface area contributed by atoms with Crippen molar-refractivity contribution in [1.82, 2.24) is 15.0 Å². The minimum atomic E-state index is -0.321. The first-order chi connectivity index (χ1) is 19.1. The highest BCUT2D eigenvalue weighted by atomic mass is 16.5. The Kier molecular flexibility index (Phi) is 7.08. The number of anilines is 5. The predicted octanol–water partition coefficient (Wildman–Crippen LogP) is 5.75. The highest BCUT2D eigenvalue weighted by Crippen LogP contribution is 2.36. The number of rotatable bonds is 6. The van der Waals surface area contributed by atoms with E-state index < -0.39 is 0 Å². The second-order valence-electron chi connectivity index (χ2n) is 10.5. The van der Waals surface area contributed by atoms with E-state index in [4.69, 9.17) is 4.74 Å². The number of ether oxygens (including phenoxy) is 1. The standard InChI is InChI=1S/C30H31N7O3/c1-30(2,3)21-11-9-10-19(14-21)26(38)33-23-15-24(27(40-5)31-17-23)37-18-20-16-32-28(34-22-12-7-6-8-13-22)35-25(20)36(4)29(37)39/h6-17H,18H2,1-5H3,(H,33,38)(H,32,34,35).